The molecule has 0 unspecified atom stereocenters. The highest BCUT2D eigenvalue weighted by molar-refractivity contribution is 9.10. The van der Waals surface area contributed by atoms with Gasteiger partial charge in [-0.3, -0.25) is 0 Å². The Morgan fingerprint density at radius 3 is 2.95 bits per heavy atom. The molecule has 3 aromatic rings. The van der Waals surface area contributed by atoms with Gasteiger partial charge in [-0.25, -0.2) is 4.98 Å². The second-order valence-electron chi connectivity index (χ2n) is 4.08. The van der Waals surface area contributed by atoms with Gasteiger partial charge in [0.1, 0.15) is 11.5 Å². The predicted octanol–water partition coefficient (Wildman–Crippen LogP) is 5.43. The maximum Gasteiger partial charge on any atom is 0.182 e. The molecule has 0 aliphatic rings. The largest absolute Gasteiger partial charge is 0.459 e. The monoisotopic (exact) mass is 368 g/mol. The number of furan rings is 1. The van der Waals surface area contributed by atoms with Crippen molar-refractivity contribution >= 4 is 44.0 Å². The minimum atomic E-state index is 0.599. The Balaban J connectivity index is 1.76. The summed E-state index contributed by atoms with van der Waals surface area (Å²) in [7, 11) is 0. The number of nitrogens with zero attached hydrogens (tertiary/aromatic N) is 1. The summed E-state index contributed by atoms with van der Waals surface area (Å²) in [6, 6.07) is 9.59. The highest BCUT2D eigenvalue weighted by atomic mass is 79.9. The predicted molar refractivity (Wildman–Crippen MR) is 86.3 cm³/mol. The zero-order chi connectivity index (χ0) is 13.9. The van der Waals surface area contributed by atoms with E-state index in [0.717, 1.165) is 26.7 Å². The van der Waals surface area contributed by atoms with Crippen LogP contribution in [0, 0.1) is 0 Å². The van der Waals surface area contributed by atoms with Crippen LogP contribution >= 0.6 is 38.9 Å². The summed E-state index contributed by atoms with van der Waals surface area (Å²) in [5.74, 6) is 1.60. The van der Waals surface area contributed by atoms with Crippen LogP contribution in [0.5, 0.6) is 0 Å². The Hall–Kier alpha value is -1.30. The average Bonchev–Trinajstić information content (AvgIpc) is 3.07. The van der Waals surface area contributed by atoms with Gasteiger partial charge in [0, 0.05) is 21.6 Å². The molecule has 0 fully saturated rings. The average molecular weight is 370 g/mol. The first-order chi connectivity index (χ1) is 9.72. The molecular formula is C14H10BrClN2OS. The van der Waals surface area contributed by atoms with E-state index in [9.17, 15) is 0 Å². The maximum absolute atomic E-state index is 6.22. The second-order valence-corrected chi connectivity index (χ2v) is 6.30. The number of anilines is 1. The first-order valence-corrected chi connectivity index (χ1v) is 7.95. The number of rotatable bonds is 4. The standard InChI is InChI=1S/C14H10BrClN2OS/c15-9-1-3-11(12(16)7-9)13-4-2-10(19-13)8-18-14-17-5-6-20-14/h1-7H,8H2,(H,17,18). The van der Waals surface area contributed by atoms with Gasteiger partial charge in [0.15, 0.2) is 5.13 Å². The second kappa shape index (κ2) is 5.99. The maximum atomic E-state index is 6.22. The lowest BCUT2D eigenvalue weighted by Gasteiger charge is -2.02. The van der Waals surface area contributed by atoms with E-state index in [-0.39, 0.29) is 0 Å². The van der Waals surface area contributed by atoms with E-state index in [1.165, 1.54) is 0 Å². The number of thiazole rings is 1. The lowest BCUT2D eigenvalue weighted by Crippen LogP contribution is -1.96. The van der Waals surface area contributed by atoms with Gasteiger partial charge >= 0.3 is 0 Å². The lowest BCUT2D eigenvalue weighted by atomic mass is 10.2. The summed E-state index contributed by atoms with van der Waals surface area (Å²) < 4.78 is 6.75. The molecule has 2 aromatic heterocycles. The fourth-order valence-corrected chi connectivity index (χ4v) is 3.07. The Kier molecular flexibility index (Phi) is 4.10. The quantitative estimate of drug-likeness (QED) is 0.666. The molecule has 6 heteroatoms. The van der Waals surface area contributed by atoms with Crippen molar-refractivity contribution in [2.75, 3.05) is 5.32 Å². The molecule has 0 radical (unpaired) electrons. The van der Waals surface area contributed by atoms with Crippen LogP contribution in [0.3, 0.4) is 0 Å². The molecule has 0 bridgehead atoms. The van der Waals surface area contributed by atoms with Crippen LogP contribution in [0.15, 0.2) is 50.8 Å². The molecule has 1 N–H and O–H groups in total. The van der Waals surface area contributed by atoms with E-state index < -0.39 is 0 Å². The third-order valence-corrected chi connectivity index (χ3v) is 4.24. The van der Waals surface area contributed by atoms with Crippen LogP contribution in [-0.4, -0.2) is 4.98 Å². The van der Waals surface area contributed by atoms with Crippen molar-refractivity contribution in [3.05, 3.63) is 57.2 Å². The molecule has 0 atom stereocenters. The Labute approximate surface area is 133 Å². The van der Waals surface area contributed by atoms with Gasteiger partial charge in [-0.15, -0.1) is 11.3 Å². The summed E-state index contributed by atoms with van der Waals surface area (Å²) in [5.41, 5.74) is 0.885. The summed E-state index contributed by atoms with van der Waals surface area (Å²) in [6.07, 6.45) is 1.77. The molecule has 0 aliphatic carbocycles. The summed E-state index contributed by atoms with van der Waals surface area (Å²) in [6.45, 7) is 0.599. The number of benzene rings is 1. The molecule has 0 saturated carbocycles. The zero-order valence-corrected chi connectivity index (χ0v) is 13.4. The van der Waals surface area contributed by atoms with Gasteiger partial charge < -0.3 is 9.73 Å². The summed E-state index contributed by atoms with van der Waals surface area (Å²) >= 11 is 11.2. The van der Waals surface area contributed by atoms with Gasteiger partial charge in [-0.1, -0.05) is 27.5 Å². The summed E-state index contributed by atoms with van der Waals surface area (Å²) in [4.78, 5) is 4.16. The van der Waals surface area contributed by atoms with Crippen LogP contribution in [0.2, 0.25) is 5.02 Å². The van der Waals surface area contributed by atoms with Gasteiger partial charge in [-0.2, -0.15) is 0 Å². The first kappa shape index (κ1) is 13.7. The molecule has 0 saturated heterocycles. The van der Waals surface area contributed by atoms with E-state index in [0.29, 0.717) is 11.6 Å². The fourth-order valence-electron chi connectivity index (χ4n) is 1.78. The molecule has 0 aliphatic heterocycles. The molecule has 2 heterocycles. The third kappa shape index (κ3) is 3.06. The molecule has 3 nitrogen and oxygen atoms in total. The van der Waals surface area contributed by atoms with Crippen molar-refractivity contribution in [2.24, 2.45) is 0 Å². The van der Waals surface area contributed by atoms with E-state index in [2.05, 4.69) is 26.2 Å². The smallest absolute Gasteiger partial charge is 0.182 e. The molecule has 0 spiro atoms. The SMILES string of the molecule is Clc1cc(Br)ccc1-c1ccc(CNc2nccs2)o1. The normalized spacial score (nSPS) is 10.7. The Morgan fingerprint density at radius 1 is 1.30 bits per heavy atom. The number of hydrogen-bond donors (Lipinski definition) is 1. The highest BCUT2D eigenvalue weighted by Crippen LogP contribution is 2.31. The number of hydrogen-bond acceptors (Lipinski definition) is 4. The third-order valence-electron chi connectivity index (χ3n) is 2.70. The van der Waals surface area contributed by atoms with Gasteiger partial charge in [0.05, 0.1) is 11.6 Å². The Bertz CT molecular complexity index is 712. The van der Waals surface area contributed by atoms with E-state index in [1.807, 2.05) is 35.7 Å². The van der Waals surface area contributed by atoms with Crippen LogP contribution in [-0.2, 0) is 6.54 Å². The van der Waals surface area contributed by atoms with Gasteiger partial charge in [-0.05, 0) is 30.3 Å². The van der Waals surface area contributed by atoms with Crippen molar-refractivity contribution in [3.8, 4) is 11.3 Å². The van der Waals surface area contributed by atoms with Crippen molar-refractivity contribution < 1.29 is 4.42 Å². The number of nitrogens with one attached hydrogen (secondary N) is 1. The highest BCUT2D eigenvalue weighted by Gasteiger charge is 2.09. The van der Waals surface area contributed by atoms with E-state index >= 15 is 0 Å². The van der Waals surface area contributed by atoms with Crippen LogP contribution in [0.4, 0.5) is 5.13 Å². The van der Waals surface area contributed by atoms with Crippen LogP contribution in [0.1, 0.15) is 5.76 Å². The van der Waals surface area contributed by atoms with E-state index in [4.69, 9.17) is 16.0 Å². The molecule has 3 rings (SSSR count). The van der Waals surface area contributed by atoms with Crippen molar-refractivity contribution in [1.29, 1.82) is 0 Å². The molecule has 0 amide bonds. The lowest BCUT2D eigenvalue weighted by molar-refractivity contribution is 0.531. The van der Waals surface area contributed by atoms with Crippen LogP contribution in [0.25, 0.3) is 11.3 Å². The molecular weight excluding hydrogens is 360 g/mol. The minimum Gasteiger partial charge on any atom is -0.459 e. The van der Waals surface area contributed by atoms with Crippen molar-refractivity contribution in [3.63, 3.8) is 0 Å². The molecule has 102 valence electrons. The van der Waals surface area contributed by atoms with Crippen molar-refractivity contribution in [1.82, 2.24) is 4.98 Å². The Morgan fingerprint density at radius 2 is 2.20 bits per heavy atom. The minimum absolute atomic E-state index is 0.599. The van der Waals surface area contributed by atoms with E-state index in [1.54, 1.807) is 17.5 Å². The first-order valence-electron chi connectivity index (χ1n) is 5.90. The topological polar surface area (TPSA) is 38.1 Å². The zero-order valence-electron chi connectivity index (χ0n) is 10.3. The molecule has 20 heavy (non-hydrogen) atoms. The number of aromatic nitrogens is 1. The fraction of sp³-hybridized carbons (Fsp3) is 0.0714. The molecule has 1 aromatic carbocycles. The number of halogens is 2. The van der Waals surface area contributed by atoms with Crippen LogP contribution < -0.4 is 5.32 Å². The van der Waals surface area contributed by atoms with Gasteiger partial charge in [0.2, 0.25) is 0 Å². The summed E-state index contributed by atoms with van der Waals surface area (Å²) in [5, 5.41) is 6.67. The van der Waals surface area contributed by atoms with Gasteiger partial charge in [0.25, 0.3) is 0 Å². The van der Waals surface area contributed by atoms with Crippen molar-refractivity contribution in [2.45, 2.75) is 6.54 Å².